The molecular weight excluding hydrogens is 481 g/mol. The lowest BCUT2D eigenvalue weighted by Crippen LogP contribution is -2.52. The number of halogens is 2. The van der Waals surface area contributed by atoms with Crippen molar-refractivity contribution in [2.45, 2.75) is 26.3 Å². The molecule has 1 aliphatic rings. The Kier molecular flexibility index (Phi) is 7.40. The number of aryl methyl sites for hydroxylation is 1. The average molecular weight is 510 g/mol. The number of pyridine rings is 2. The predicted molar refractivity (Wildman–Crippen MR) is 146 cm³/mol. The van der Waals surface area contributed by atoms with E-state index >= 15 is 0 Å². The Labute approximate surface area is 216 Å². The minimum atomic E-state index is 0. The molecule has 1 fully saturated rings. The van der Waals surface area contributed by atoms with E-state index in [1.54, 1.807) is 0 Å². The fourth-order valence-electron chi connectivity index (χ4n) is 5.15. The van der Waals surface area contributed by atoms with Crippen LogP contribution in [0.3, 0.4) is 0 Å². The fraction of sp³-hybridized carbons (Fsp3) is 0.308. The van der Waals surface area contributed by atoms with Crippen LogP contribution in [0.5, 0.6) is 0 Å². The van der Waals surface area contributed by atoms with Crippen molar-refractivity contribution in [1.29, 1.82) is 0 Å². The highest BCUT2D eigenvalue weighted by Crippen LogP contribution is 2.28. The molecule has 4 heterocycles. The van der Waals surface area contributed by atoms with Gasteiger partial charge in [-0.1, -0.05) is 18.2 Å². The van der Waals surface area contributed by atoms with Crippen molar-refractivity contribution in [2.24, 2.45) is 0 Å². The minimum absolute atomic E-state index is 0. The molecule has 0 saturated carbocycles. The summed E-state index contributed by atoms with van der Waals surface area (Å²) < 4.78 is 1.82. The maximum absolute atomic E-state index is 4.72. The fourth-order valence-corrected chi connectivity index (χ4v) is 5.15. The molecule has 1 saturated heterocycles. The van der Waals surface area contributed by atoms with E-state index in [9.17, 15) is 0 Å². The Morgan fingerprint density at radius 2 is 1.74 bits per heavy atom. The van der Waals surface area contributed by atoms with Crippen molar-refractivity contribution in [3.05, 3.63) is 71.9 Å². The second-order valence-corrected chi connectivity index (χ2v) is 9.01. The third-order valence-corrected chi connectivity index (χ3v) is 6.92. The molecule has 6 rings (SSSR count). The van der Waals surface area contributed by atoms with E-state index in [-0.39, 0.29) is 24.8 Å². The predicted octanol–water partition coefficient (Wildman–Crippen LogP) is 4.73. The number of tetrazole rings is 1. The van der Waals surface area contributed by atoms with Gasteiger partial charge in [-0.05, 0) is 78.7 Å². The lowest BCUT2D eigenvalue weighted by atomic mass is 10.0. The van der Waals surface area contributed by atoms with Crippen LogP contribution in [0, 0.1) is 6.92 Å². The maximum atomic E-state index is 4.72. The minimum Gasteiger partial charge on any atom is -0.368 e. The zero-order valence-corrected chi connectivity index (χ0v) is 21.5. The molecule has 0 N–H and O–H groups in total. The first-order chi connectivity index (χ1) is 16.2. The zero-order chi connectivity index (χ0) is 22.4. The van der Waals surface area contributed by atoms with Crippen LogP contribution in [0.25, 0.3) is 27.5 Å². The van der Waals surface area contributed by atoms with Crippen LogP contribution in [0.15, 0.2) is 60.7 Å². The third-order valence-electron chi connectivity index (χ3n) is 6.92. The number of benzene rings is 2. The van der Waals surface area contributed by atoms with Crippen LogP contribution in [-0.2, 0) is 6.42 Å². The van der Waals surface area contributed by atoms with Crippen LogP contribution in [0.4, 0.5) is 5.69 Å². The number of aromatic nitrogens is 5. The summed E-state index contributed by atoms with van der Waals surface area (Å²) in [5.74, 6) is 0. The largest absolute Gasteiger partial charge is 0.368 e. The highest BCUT2D eigenvalue weighted by molar-refractivity contribution is 5.92. The number of nitrogens with zero attached hydrogens (tertiary/aromatic N) is 7. The van der Waals surface area contributed by atoms with Gasteiger partial charge in [0.25, 0.3) is 0 Å². The number of piperazine rings is 1. The van der Waals surface area contributed by atoms with E-state index < -0.39 is 0 Å². The molecule has 0 radical (unpaired) electrons. The highest BCUT2D eigenvalue weighted by atomic mass is 35.5. The van der Waals surface area contributed by atoms with Crippen LogP contribution in [0.1, 0.15) is 18.2 Å². The van der Waals surface area contributed by atoms with Crippen molar-refractivity contribution in [2.75, 3.05) is 31.1 Å². The Hall–Kier alpha value is -3.00. The molecule has 35 heavy (non-hydrogen) atoms. The van der Waals surface area contributed by atoms with Crippen LogP contribution < -0.4 is 4.90 Å². The Bertz CT molecular complexity index is 1470. The Morgan fingerprint density at radius 3 is 2.60 bits per heavy atom. The van der Waals surface area contributed by atoms with E-state index in [0.29, 0.717) is 6.04 Å². The second kappa shape index (κ2) is 10.3. The monoisotopic (exact) mass is 509 g/mol. The van der Waals surface area contributed by atoms with Gasteiger partial charge in [-0.3, -0.25) is 9.88 Å². The summed E-state index contributed by atoms with van der Waals surface area (Å²) in [5, 5.41) is 14.5. The van der Waals surface area contributed by atoms with E-state index in [0.717, 1.165) is 55.0 Å². The SMILES string of the molecule is Cc1ccc2c(N3CCN(CCc4cccc5c4ccc4nnnn45)[C@H](C)C3)cccc2n1.Cl.Cl. The molecule has 0 unspecified atom stereocenters. The average Bonchev–Trinajstić information content (AvgIpc) is 3.32. The van der Waals surface area contributed by atoms with E-state index in [1.165, 1.54) is 22.0 Å². The second-order valence-electron chi connectivity index (χ2n) is 9.01. The summed E-state index contributed by atoms with van der Waals surface area (Å²) in [5.41, 5.74) is 6.62. The summed E-state index contributed by atoms with van der Waals surface area (Å²) >= 11 is 0. The molecule has 0 spiro atoms. The molecule has 0 aliphatic carbocycles. The van der Waals surface area contributed by atoms with Crippen molar-refractivity contribution >= 4 is 58.0 Å². The quantitative estimate of drug-likeness (QED) is 0.349. The van der Waals surface area contributed by atoms with Crippen molar-refractivity contribution in [3.8, 4) is 0 Å². The number of hydrogen-bond donors (Lipinski definition) is 0. The molecule has 2 aromatic carbocycles. The zero-order valence-electron chi connectivity index (χ0n) is 19.8. The van der Waals surface area contributed by atoms with E-state index in [1.807, 2.05) is 17.5 Å². The molecule has 7 nitrogen and oxygen atoms in total. The molecular formula is C26H29Cl2N7. The maximum Gasteiger partial charge on any atom is 0.179 e. The van der Waals surface area contributed by atoms with Gasteiger partial charge in [-0.25, -0.2) is 0 Å². The van der Waals surface area contributed by atoms with Gasteiger partial charge in [0.1, 0.15) is 0 Å². The van der Waals surface area contributed by atoms with Crippen LogP contribution >= 0.6 is 24.8 Å². The summed E-state index contributed by atoms with van der Waals surface area (Å²) in [6.07, 6.45) is 1.01. The Balaban J connectivity index is 0.00000144. The lowest BCUT2D eigenvalue weighted by molar-refractivity contribution is 0.192. The summed E-state index contributed by atoms with van der Waals surface area (Å²) in [4.78, 5) is 9.85. The van der Waals surface area contributed by atoms with Gasteiger partial charge in [0.2, 0.25) is 0 Å². The first-order valence-corrected chi connectivity index (χ1v) is 11.6. The molecule has 1 aliphatic heterocycles. The molecule has 182 valence electrons. The van der Waals surface area contributed by atoms with Gasteiger partial charge in [-0.2, -0.15) is 4.52 Å². The number of fused-ring (bicyclic) bond motifs is 4. The number of hydrogen-bond acceptors (Lipinski definition) is 6. The molecule has 0 bridgehead atoms. The molecule has 5 aromatic rings. The Morgan fingerprint density at radius 1 is 0.914 bits per heavy atom. The van der Waals surface area contributed by atoms with Gasteiger partial charge < -0.3 is 4.90 Å². The molecule has 9 heteroatoms. The van der Waals surface area contributed by atoms with Gasteiger partial charge in [-0.15, -0.1) is 29.9 Å². The molecule has 3 aromatic heterocycles. The number of rotatable bonds is 4. The van der Waals surface area contributed by atoms with Crippen molar-refractivity contribution in [1.82, 2.24) is 29.9 Å². The number of anilines is 1. The normalized spacial score (nSPS) is 16.4. The van der Waals surface area contributed by atoms with Crippen LogP contribution in [0.2, 0.25) is 0 Å². The summed E-state index contributed by atoms with van der Waals surface area (Å²) in [6, 6.07) is 21.8. The smallest absolute Gasteiger partial charge is 0.179 e. The van der Waals surface area contributed by atoms with E-state index in [2.05, 4.69) is 86.8 Å². The summed E-state index contributed by atoms with van der Waals surface area (Å²) in [6.45, 7) is 8.53. The molecule has 1 atom stereocenters. The van der Waals surface area contributed by atoms with Crippen molar-refractivity contribution < 1.29 is 0 Å². The first kappa shape index (κ1) is 25.1. The summed E-state index contributed by atoms with van der Waals surface area (Å²) in [7, 11) is 0. The third kappa shape index (κ3) is 4.63. The van der Waals surface area contributed by atoms with Crippen molar-refractivity contribution in [3.63, 3.8) is 0 Å². The molecule has 0 amide bonds. The van der Waals surface area contributed by atoms with Gasteiger partial charge >= 0.3 is 0 Å². The van der Waals surface area contributed by atoms with Crippen LogP contribution in [-0.4, -0.2) is 62.1 Å². The topological polar surface area (TPSA) is 62.5 Å². The standard InChI is InChI=1S/C26H27N7.2ClH/c1-18-9-10-22-23(27-18)6-4-7-24(22)32-16-15-31(19(2)17-32)14-13-20-5-3-8-25-21(20)11-12-26-28-29-30-33(25)26;;/h3-12,19H,13-17H2,1-2H3;2*1H/t19-;;/m1../s1. The highest BCUT2D eigenvalue weighted by Gasteiger charge is 2.24. The van der Waals surface area contributed by atoms with Gasteiger partial charge in [0, 0.05) is 54.4 Å². The van der Waals surface area contributed by atoms with Gasteiger partial charge in [0.15, 0.2) is 5.65 Å². The lowest BCUT2D eigenvalue weighted by Gasteiger charge is -2.41. The first-order valence-electron chi connectivity index (χ1n) is 11.6. The van der Waals surface area contributed by atoms with E-state index in [4.69, 9.17) is 4.98 Å². The van der Waals surface area contributed by atoms with Gasteiger partial charge in [0.05, 0.1) is 11.0 Å².